The van der Waals surface area contributed by atoms with Gasteiger partial charge in [-0.2, -0.15) is 0 Å². The molecular formula is C24H28N4O3. The molecule has 0 aliphatic carbocycles. The van der Waals surface area contributed by atoms with Crippen molar-refractivity contribution in [2.45, 2.75) is 45.1 Å². The summed E-state index contributed by atoms with van der Waals surface area (Å²) in [6.45, 7) is 7.00. The molecule has 3 aromatic rings. The Morgan fingerprint density at radius 1 is 1.06 bits per heavy atom. The third kappa shape index (κ3) is 5.05. The normalized spacial score (nSPS) is 15.1. The predicted octanol–water partition coefficient (Wildman–Crippen LogP) is 4.70. The van der Waals surface area contributed by atoms with Gasteiger partial charge in [0.2, 0.25) is 0 Å². The summed E-state index contributed by atoms with van der Waals surface area (Å²) in [5.74, 6) is 0.223. The summed E-state index contributed by atoms with van der Waals surface area (Å²) in [4.78, 5) is 30.9. The van der Waals surface area contributed by atoms with Crippen molar-refractivity contribution in [2.75, 3.05) is 18.4 Å². The minimum atomic E-state index is -0.478. The van der Waals surface area contributed by atoms with Crippen LogP contribution in [0.25, 0.3) is 5.65 Å². The lowest BCUT2D eigenvalue weighted by molar-refractivity contribution is 0.0204. The first kappa shape index (κ1) is 20.9. The number of hydrogen-bond donors (Lipinski definition) is 1. The molecule has 0 saturated carbocycles. The van der Waals surface area contributed by atoms with Gasteiger partial charge in [-0.05, 0) is 63.3 Å². The summed E-state index contributed by atoms with van der Waals surface area (Å²) >= 11 is 0. The fourth-order valence-corrected chi connectivity index (χ4v) is 3.82. The van der Waals surface area contributed by atoms with Crippen LogP contribution in [-0.4, -0.2) is 45.0 Å². The van der Waals surface area contributed by atoms with Gasteiger partial charge in [-0.3, -0.25) is 4.79 Å². The van der Waals surface area contributed by atoms with E-state index in [4.69, 9.17) is 4.74 Å². The number of likely N-dealkylation sites (tertiary alicyclic amines) is 1. The van der Waals surface area contributed by atoms with E-state index in [1.807, 2.05) is 74.0 Å². The molecular weight excluding hydrogens is 392 g/mol. The number of fused-ring (bicyclic) bond motifs is 1. The molecule has 0 radical (unpaired) electrons. The lowest BCUT2D eigenvalue weighted by Crippen LogP contribution is -2.41. The first-order valence-corrected chi connectivity index (χ1v) is 10.6. The van der Waals surface area contributed by atoms with Gasteiger partial charge in [0.25, 0.3) is 5.91 Å². The van der Waals surface area contributed by atoms with E-state index in [9.17, 15) is 9.59 Å². The van der Waals surface area contributed by atoms with Crippen LogP contribution in [0.1, 0.15) is 55.5 Å². The number of benzene rings is 1. The fourth-order valence-electron chi connectivity index (χ4n) is 3.82. The van der Waals surface area contributed by atoms with E-state index in [1.165, 1.54) is 5.56 Å². The number of aromatic nitrogens is 2. The van der Waals surface area contributed by atoms with Crippen LogP contribution in [0.5, 0.6) is 0 Å². The van der Waals surface area contributed by atoms with Crippen LogP contribution < -0.4 is 5.32 Å². The second-order valence-corrected chi connectivity index (χ2v) is 8.93. The molecule has 7 heteroatoms. The summed E-state index contributed by atoms with van der Waals surface area (Å²) in [7, 11) is 0. The molecule has 0 unspecified atom stereocenters. The Labute approximate surface area is 182 Å². The Balaban J connectivity index is 1.34. The SMILES string of the molecule is CC(C)(C)OC(=O)N1CCC(c2ccc(C(=O)Nc3ccn4ccnc4c3)cc2)CC1. The van der Waals surface area contributed by atoms with Crippen molar-refractivity contribution in [3.05, 3.63) is 66.1 Å². The lowest BCUT2D eigenvalue weighted by Gasteiger charge is -2.33. The number of nitrogens with zero attached hydrogens (tertiary/aromatic N) is 3. The number of carbonyl (C=O) groups is 2. The van der Waals surface area contributed by atoms with Crippen molar-refractivity contribution in [2.24, 2.45) is 0 Å². The molecule has 0 bridgehead atoms. The van der Waals surface area contributed by atoms with E-state index < -0.39 is 5.60 Å². The molecule has 1 saturated heterocycles. The van der Waals surface area contributed by atoms with Crippen molar-refractivity contribution in [1.82, 2.24) is 14.3 Å². The summed E-state index contributed by atoms with van der Waals surface area (Å²) in [5.41, 5.74) is 2.82. The molecule has 0 spiro atoms. The van der Waals surface area contributed by atoms with Gasteiger partial charge in [-0.25, -0.2) is 9.78 Å². The quantitative estimate of drug-likeness (QED) is 0.666. The molecule has 1 N–H and O–H groups in total. The van der Waals surface area contributed by atoms with E-state index in [0.29, 0.717) is 30.3 Å². The van der Waals surface area contributed by atoms with Crippen LogP contribution in [0, 0.1) is 0 Å². The van der Waals surface area contributed by atoms with Crippen LogP contribution in [-0.2, 0) is 4.74 Å². The van der Waals surface area contributed by atoms with Crippen LogP contribution in [0.15, 0.2) is 55.0 Å². The molecule has 2 amide bonds. The maximum atomic E-state index is 12.6. The Bertz CT molecular complexity index is 1070. The van der Waals surface area contributed by atoms with E-state index in [0.717, 1.165) is 18.5 Å². The molecule has 1 aromatic carbocycles. The van der Waals surface area contributed by atoms with E-state index in [2.05, 4.69) is 10.3 Å². The number of rotatable bonds is 3. The van der Waals surface area contributed by atoms with Crippen LogP contribution in [0.2, 0.25) is 0 Å². The Kier molecular flexibility index (Phi) is 5.67. The molecule has 1 fully saturated rings. The first-order valence-electron chi connectivity index (χ1n) is 10.6. The van der Waals surface area contributed by atoms with Gasteiger partial charge in [-0.15, -0.1) is 0 Å². The third-order valence-corrected chi connectivity index (χ3v) is 5.45. The molecule has 2 aromatic heterocycles. The van der Waals surface area contributed by atoms with Gasteiger partial charge in [0.1, 0.15) is 11.2 Å². The number of piperidine rings is 1. The number of anilines is 1. The number of imidazole rings is 1. The molecule has 31 heavy (non-hydrogen) atoms. The second kappa shape index (κ2) is 8.41. The highest BCUT2D eigenvalue weighted by atomic mass is 16.6. The zero-order valence-electron chi connectivity index (χ0n) is 18.2. The second-order valence-electron chi connectivity index (χ2n) is 8.93. The van der Waals surface area contributed by atoms with Gasteiger partial charge in [0.15, 0.2) is 0 Å². The largest absolute Gasteiger partial charge is 0.444 e. The molecule has 162 valence electrons. The third-order valence-electron chi connectivity index (χ3n) is 5.45. The zero-order chi connectivity index (χ0) is 22.0. The summed E-state index contributed by atoms with van der Waals surface area (Å²) < 4.78 is 7.35. The van der Waals surface area contributed by atoms with E-state index in [1.54, 1.807) is 11.1 Å². The van der Waals surface area contributed by atoms with Gasteiger partial charge in [-0.1, -0.05) is 12.1 Å². The van der Waals surface area contributed by atoms with Crippen molar-refractivity contribution in [3.63, 3.8) is 0 Å². The summed E-state index contributed by atoms with van der Waals surface area (Å²) in [6, 6.07) is 11.4. The van der Waals surface area contributed by atoms with Gasteiger partial charge in [0, 0.05) is 49.0 Å². The minimum absolute atomic E-state index is 0.151. The van der Waals surface area contributed by atoms with Crippen LogP contribution in [0.3, 0.4) is 0 Å². The van der Waals surface area contributed by atoms with Gasteiger partial charge >= 0.3 is 6.09 Å². The summed E-state index contributed by atoms with van der Waals surface area (Å²) in [6.07, 6.45) is 6.97. The fraction of sp³-hybridized carbons (Fsp3) is 0.375. The zero-order valence-corrected chi connectivity index (χ0v) is 18.2. The smallest absolute Gasteiger partial charge is 0.410 e. The Hall–Kier alpha value is -3.35. The first-order chi connectivity index (χ1) is 14.8. The van der Waals surface area contributed by atoms with Crippen molar-refractivity contribution >= 4 is 23.3 Å². The maximum Gasteiger partial charge on any atom is 0.410 e. The molecule has 1 aliphatic heterocycles. The number of nitrogens with one attached hydrogen (secondary N) is 1. The summed E-state index contributed by atoms with van der Waals surface area (Å²) in [5, 5.41) is 2.93. The number of hydrogen-bond acceptors (Lipinski definition) is 4. The molecule has 1 aliphatic rings. The topological polar surface area (TPSA) is 75.9 Å². The Morgan fingerprint density at radius 3 is 2.45 bits per heavy atom. The molecule has 0 atom stereocenters. The van der Waals surface area contributed by atoms with Crippen LogP contribution in [0.4, 0.5) is 10.5 Å². The van der Waals surface area contributed by atoms with E-state index >= 15 is 0 Å². The predicted molar refractivity (Wildman–Crippen MR) is 119 cm³/mol. The standard InChI is InChI=1S/C24H28N4O3/c1-24(2,3)31-23(30)28-12-8-18(9-13-28)17-4-6-19(7-5-17)22(29)26-20-10-14-27-15-11-25-21(27)16-20/h4-7,10-11,14-16,18H,8-9,12-13H2,1-3H3,(H,26,29). The van der Waals surface area contributed by atoms with Crippen LogP contribution >= 0.6 is 0 Å². The highest BCUT2D eigenvalue weighted by Crippen LogP contribution is 2.29. The van der Waals surface area contributed by atoms with Crippen molar-refractivity contribution in [1.29, 1.82) is 0 Å². The number of ether oxygens (including phenoxy) is 1. The van der Waals surface area contributed by atoms with E-state index in [-0.39, 0.29) is 12.0 Å². The minimum Gasteiger partial charge on any atom is -0.444 e. The highest BCUT2D eigenvalue weighted by Gasteiger charge is 2.27. The van der Waals surface area contributed by atoms with Crippen molar-refractivity contribution in [3.8, 4) is 0 Å². The van der Waals surface area contributed by atoms with Crippen molar-refractivity contribution < 1.29 is 14.3 Å². The van der Waals surface area contributed by atoms with Gasteiger partial charge in [0.05, 0.1) is 0 Å². The Morgan fingerprint density at radius 2 is 1.77 bits per heavy atom. The average Bonchev–Trinajstić information content (AvgIpc) is 3.21. The number of pyridine rings is 1. The number of amides is 2. The monoisotopic (exact) mass is 420 g/mol. The van der Waals surface area contributed by atoms with Gasteiger partial charge < -0.3 is 19.4 Å². The highest BCUT2D eigenvalue weighted by molar-refractivity contribution is 6.04. The lowest BCUT2D eigenvalue weighted by atomic mass is 9.89. The number of carbonyl (C=O) groups excluding carboxylic acids is 2. The molecule has 4 rings (SSSR count). The maximum absolute atomic E-state index is 12.6. The molecule has 7 nitrogen and oxygen atoms in total. The average molecular weight is 421 g/mol. The molecule has 3 heterocycles.